The van der Waals surface area contributed by atoms with Crippen molar-refractivity contribution >= 4 is 21.6 Å². The van der Waals surface area contributed by atoms with E-state index in [4.69, 9.17) is 9.25 Å². The summed E-state index contributed by atoms with van der Waals surface area (Å²) in [6, 6.07) is 8.70. The quantitative estimate of drug-likeness (QED) is 0.527. The summed E-state index contributed by atoms with van der Waals surface area (Å²) in [6.45, 7) is 0. The summed E-state index contributed by atoms with van der Waals surface area (Å²) in [5.41, 5.74) is 0.476. The molecule has 0 aliphatic heterocycles. The highest BCUT2D eigenvalue weighted by atomic mass is 32.2. The van der Waals surface area contributed by atoms with Crippen LogP contribution in [0.4, 0.5) is 14.5 Å². The predicted octanol–water partition coefficient (Wildman–Crippen LogP) is 3.37. The van der Waals surface area contributed by atoms with Gasteiger partial charge in [0.15, 0.2) is 11.7 Å². The van der Waals surface area contributed by atoms with Crippen molar-refractivity contribution in [3.8, 4) is 11.3 Å². The molecule has 0 aliphatic rings. The van der Waals surface area contributed by atoms with Gasteiger partial charge in [-0.3, -0.25) is 9.63 Å². The van der Waals surface area contributed by atoms with Crippen LogP contribution in [0, 0.1) is 11.6 Å². The molecule has 0 atom stereocenters. The molecule has 0 bridgehead atoms. The SMILES string of the molecule is CON(C)S(=O)(=O)c1ccc(NC(=O)CCc2ncc(-c3ccc(F)cc3F)o2)cc1. The minimum atomic E-state index is -3.78. The monoisotopic (exact) mass is 451 g/mol. The van der Waals surface area contributed by atoms with Crippen LogP contribution in [0.15, 0.2) is 58.0 Å². The zero-order valence-corrected chi connectivity index (χ0v) is 17.4. The molecule has 1 heterocycles. The second-order valence-corrected chi connectivity index (χ2v) is 8.35. The number of nitrogens with zero attached hydrogens (tertiary/aromatic N) is 2. The molecule has 31 heavy (non-hydrogen) atoms. The van der Waals surface area contributed by atoms with Crippen molar-refractivity contribution in [3.05, 3.63) is 66.2 Å². The standard InChI is InChI=1S/C20H19F2N3O5S/c1-25(29-2)31(27,28)15-6-4-14(5-7-15)24-19(26)9-10-20-23-12-18(30-20)16-8-3-13(21)11-17(16)22/h3-8,11-12H,9-10H2,1-2H3,(H,24,26). The van der Waals surface area contributed by atoms with E-state index in [1.807, 2.05) is 0 Å². The van der Waals surface area contributed by atoms with Crippen molar-refractivity contribution in [1.82, 2.24) is 9.45 Å². The number of benzene rings is 2. The van der Waals surface area contributed by atoms with E-state index in [2.05, 4.69) is 10.3 Å². The molecule has 3 aromatic rings. The van der Waals surface area contributed by atoms with Crippen LogP contribution in [-0.2, 0) is 26.1 Å². The van der Waals surface area contributed by atoms with Gasteiger partial charge in [0, 0.05) is 31.6 Å². The number of hydrogen-bond donors (Lipinski definition) is 1. The molecule has 0 spiro atoms. The lowest BCUT2D eigenvalue weighted by atomic mass is 10.2. The van der Waals surface area contributed by atoms with Gasteiger partial charge in [-0.2, -0.15) is 0 Å². The van der Waals surface area contributed by atoms with Gasteiger partial charge in [0.05, 0.1) is 23.8 Å². The molecule has 0 saturated carbocycles. The molecule has 0 radical (unpaired) electrons. The van der Waals surface area contributed by atoms with Gasteiger partial charge >= 0.3 is 0 Å². The van der Waals surface area contributed by atoms with Crippen molar-refractivity contribution in [1.29, 1.82) is 0 Å². The Labute approximate surface area is 177 Å². The zero-order valence-electron chi connectivity index (χ0n) is 16.6. The maximum absolute atomic E-state index is 13.8. The normalized spacial score (nSPS) is 11.6. The summed E-state index contributed by atoms with van der Waals surface area (Å²) < 4.78 is 57.3. The summed E-state index contributed by atoms with van der Waals surface area (Å²) in [5.74, 6) is -1.47. The molecule has 2 aromatic carbocycles. The van der Waals surface area contributed by atoms with E-state index >= 15 is 0 Å². The number of aryl methyl sites for hydroxylation is 1. The fourth-order valence-electron chi connectivity index (χ4n) is 2.64. The molecular weight excluding hydrogens is 432 g/mol. The van der Waals surface area contributed by atoms with E-state index in [9.17, 15) is 22.0 Å². The highest BCUT2D eigenvalue weighted by Gasteiger charge is 2.20. The number of carbonyl (C=O) groups excluding carboxylic acids is 1. The number of hydrogen-bond acceptors (Lipinski definition) is 6. The number of oxazole rings is 1. The number of aromatic nitrogens is 1. The smallest absolute Gasteiger partial charge is 0.264 e. The van der Waals surface area contributed by atoms with Crippen molar-refractivity contribution in [3.63, 3.8) is 0 Å². The Morgan fingerprint density at radius 3 is 2.55 bits per heavy atom. The maximum Gasteiger partial charge on any atom is 0.264 e. The third-order valence-corrected chi connectivity index (χ3v) is 6.04. The summed E-state index contributed by atoms with van der Waals surface area (Å²) in [6.07, 6.45) is 1.48. The summed E-state index contributed by atoms with van der Waals surface area (Å²) >= 11 is 0. The van der Waals surface area contributed by atoms with E-state index in [1.54, 1.807) is 0 Å². The van der Waals surface area contributed by atoms with Gasteiger partial charge < -0.3 is 9.73 Å². The number of hydroxylamine groups is 1. The Kier molecular flexibility index (Phi) is 6.78. The minimum absolute atomic E-state index is 0.00943. The number of rotatable bonds is 8. The lowest BCUT2D eigenvalue weighted by Crippen LogP contribution is -2.25. The second-order valence-electron chi connectivity index (χ2n) is 6.41. The van der Waals surface area contributed by atoms with E-state index in [1.165, 1.54) is 50.7 Å². The first-order chi connectivity index (χ1) is 14.7. The average Bonchev–Trinajstić information content (AvgIpc) is 3.20. The molecule has 0 unspecified atom stereocenters. The number of amides is 1. The number of sulfonamides is 1. The van der Waals surface area contributed by atoms with Crippen molar-refractivity contribution in [2.24, 2.45) is 0 Å². The molecule has 1 aromatic heterocycles. The van der Waals surface area contributed by atoms with Crippen LogP contribution in [-0.4, -0.2) is 37.9 Å². The van der Waals surface area contributed by atoms with Gasteiger partial charge in [-0.15, -0.1) is 0 Å². The Morgan fingerprint density at radius 2 is 1.90 bits per heavy atom. The summed E-state index contributed by atoms with van der Waals surface area (Å²) in [7, 11) is -1.27. The fourth-order valence-corrected chi connectivity index (χ4v) is 3.61. The van der Waals surface area contributed by atoms with Crippen LogP contribution in [0.2, 0.25) is 0 Å². The highest BCUT2D eigenvalue weighted by molar-refractivity contribution is 7.89. The fraction of sp³-hybridized carbons (Fsp3) is 0.200. The molecule has 11 heteroatoms. The maximum atomic E-state index is 13.8. The van der Waals surface area contributed by atoms with Gasteiger partial charge in [-0.1, -0.05) is 4.47 Å². The van der Waals surface area contributed by atoms with Crippen LogP contribution in [0.3, 0.4) is 0 Å². The predicted molar refractivity (Wildman–Crippen MR) is 107 cm³/mol. The number of nitrogens with one attached hydrogen (secondary N) is 1. The molecule has 3 rings (SSSR count). The summed E-state index contributed by atoms with van der Waals surface area (Å²) in [5, 5.41) is 2.64. The Hall–Kier alpha value is -3.15. The minimum Gasteiger partial charge on any atom is -0.441 e. The Bertz CT molecular complexity index is 1180. The van der Waals surface area contributed by atoms with E-state index in [0.717, 1.165) is 16.6 Å². The second kappa shape index (κ2) is 9.33. The number of carbonyl (C=O) groups is 1. The van der Waals surface area contributed by atoms with E-state index < -0.39 is 21.7 Å². The molecule has 0 saturated heterocycles. The Morgan fingerprint density at radius 1 is 1.19 bits per heavy atom. The third-order valence-electron chi connectivity index (χ3n) is 4.35. The first-order valence-electron chi connectivity index (χ1n) is 9.04. The molecule has 8 nitrogen and oxygen atoms in total. The third kappa shape index (κ3) is 5.32. The van der Waals surface area contributed by atoms with Gasteiger partial charge in [-0.25, -0.2) is 22.2 Å². The van der Waals surface area contributed by atoms with Crippen LogP contribution >= 0.6 is 0 Å². The first kappa shape index (κ1) is 22.5. The lowest BCUT2D eigenvalue weighted by molar-refractivity contribution is -0.116. The first-order valence-corrected chi connectivity index (χ1v) is 10.5. The van der Waals surface area contributed by atoms with E-state index in [0.29, 0.717) is 5.69 Å². The topological polar surface area (TPSA) is 102 Å². The molecule has 164 valence electrons. The number of anilines is 1. The van der Waals surface area contributed by atoms with Gasteiger partial charge in [-0.05, 0) is 36.4 Å². The molecule has 1 amide bonds. The molecule has 1 N–H and O–H groups in total. The van der Waals surface area contributed by atoms with Gasteiger partial charge in [0.1, 0.15) is 11.6 Å². The van der Waals surface area contributed by atoms with Crippen molar-refractivity contribution < 1.29 is 31.2 Å². The largest absolute Gasteiger partial charge is 0.441 e. The number of halogens is 2. The van der Waals surface area contributed by atoms with Crippen LogP contribution in [0.25, 0.3) is 11.3 Å². The lowest BCUT2D eigenvalue weighted by Gasteiger charge is -2.14. The zero-order chi connectivity index (χ0) is 22.6. The van der Waals surface area contributed by atoms with Crippen LogP contribution in [0.1, 0.15) is 12.3 Å². The van der Waals surface area contributed by atoms with Gasteiger partial charge in [0.25, 0.3) is 10.0 Å². The van der Waals surface area contributed by atoms with Crippen LogP contribution < -0.4 is 5.32 Å². The highest BCUT2D eigenvalue weighted by Crippen LogP contribution is 2.24. The molecular formula is C20H19F2N3O5S. The Balaban J connectivity index is 1.58. The molecule has 0 fully saturated rings. The molecule has 0 aliphatic carbocycles. The van der Waals surface area contributed by atoms with Crippen molar-refractivity contribution in [2.45, 2.75) is 17.7 Å². The van der Waals surface area contributed by atoms with E-state index in [-0.39, 0.29) is 40.9 Å². The van der Waals surface area contributed by atoms with Gasteiger partial charge in [0.2, 0.25) is 5.91 Å². The summed E-state index contributed by atoms with van der Waals surface area (Å²) in [4.78, 5) is 20.9. The van der Waals surface area contributed by atoms with Crippen molar-refractivity contribution in [2.75, 3.05) is 19.5 Å². The average molecular weight is 451 g/mol. The van der Waals surface area contributed by atoms with Crippen LogP contribution in [0.5, 0.6) is 0 Å².